The molecule has 0 saturated heterocycles. The number of aliphatic hydroxyl groups is 1. The Morgan fingerprint density at radius 2 is 1.65 bits per heavy atom. The third-order valence-electron chi connectivity index (χ3n) is 3.07. The van der Waals surface area contributed by atoms with Gasteiger partial charge in [-0.2, -0.15) is 0 Å². The van der Waals surface area contributed by atoms with E-state index in [9.17, 15) is 5.11 Å². The van der Waals surface area contributed by atoms with Gasteiger partial charge in [-0.1, -0.05) is 24.3 Å². The molecule has 3 N–H and O–H groups in total. The molecule has 0 aliphatic carbocycles. The molecular weight excluding hydrogens is 210 g/mol. The van der Waals surface area contributed by atoms with Crippen molar-refractivity contribution < 1.29 is 5.11 Å². The van der Waals surface area contributed by atoms with Crippen molar-refractivity contribution in [3.05, 3.63) is 53.1 Å². The van der Waals surface area contributed by atoms with Crippen molar-refractivity contribution in [1.29, 1.82) is 0 Å². The summed E-state index contributed by atoms with van der Waals surface area (Å²) in [6.07, 6.45) is 0. The van der Waals surface area contributed by atoms with Gasteiger partial charge in [-0.25, -0.2) is 0 Å². The van der Waals surface area contributed by atoms with Crippen molar-refractivity contribution in [1.82, 2.24) is 0 Å². The van der Waals surface area contributed by atoms with Crippen LogP contribution in [0.5, 0.6) is 0 Å². The van der Waals surface area contributed by atoms with Crippen molar-refractivity contribution in [3.8, 4) is 11.1 Å². The molecule has 0 atom stereocenters. The lowest BCUT2D eigenvalue weighted by molar-refractivity contribution is 0.280. The number of nitrogen functional groups attached to an aromatic ring is 1. The number of hydrogen-bond acceptors (Lipinski definition) is 2. The molecule has 2 aromatic carbocycles. The second-order valence-electron chi connectivity index (χ2n) is 4.37. The minimum atomic E-state index is 0.0921. The smallest absolute Gasteiger partial charge is 0.0686 e. The molecule has 88 valence electrons. The number of benzene rings is 2. The highest BCUT2D eigenvalue weighted by molar-refractivity contribution is 5.69. The van der Waals surface area contributed by atoms with Crippen LogP contribution < -0.4 is 5.73 Å². The predicted molar refractivity (Wildman–Crippen MR) is 71.7 cm³/mol. The topological polar surface area (TPSA) is 46.2 Å². The van der Waals surface area contributed by atoms with E-state index in [0.717, 1.165) is 33.5 Å². The van der Waals surface area contributed by atoms with Crippen molar-refractivity contribution >= 4 is 5.69 Å². The molecule has 2 nitrogen and oxygen atoms in total. The standard InChI is InChI=1S/C15H17NO/c1-10-6-13(7-11(2)15(10)9-17)12-4-3-5-14(16)8-12/h3-8,17H,9,16H2,1-2H3. The summed E-state index contributed by atoms with van der Waals surface area (Å²) in [5.41, 5.74) is 12.1. The zero-order chi connectivity index (χ0) is 12.4. The highest BCUT2D eigenvalue weighted by atomic mass is 16.3. The van der Waals surface area contributed by atoms with Gasteiger partial charge in [0.15, 0.2) is 0 Å². The lowest BCUT2D eigenvalue weighted by Gasteiger charge is -2.11. The van der Waals surface area contributed by atoms with Gasteiger partial charge in [-0.05, 0) is 53.8 Å². The number of nitrogens with two attached hydrogens (primary N) is 1. The van der Waals surface area contributed by atoms with E-state index in [4.69, 9.17) is 5.73 Å². The summed E-state index contributed by atoms with van der Waals surface area (Å²) in [5, 5.41) is 9.28. The Morgan fingerprint density at radius 1 is 1.00 bits per heavy atom. The molecule has 0 aliphatic rings. The molecule has 2 aromatic rings. The van der Waals surface area contributed by atoms with Gasteiger partial charge in [0.25, 0.3) is 0 Å². The van der Waals surface area contributed by atoms with E-state index in [-0.39, 0.29) is 6.61 Å². The maximum atomic E-state index is 9.28. The van der Waals surface area contributed by atoms with Crippen LogP contribution in [0.1, 0.15) is 16.7 Å². The maximum Gasteiger partial charge on any atom is 0.0686 e. The molecule has 0 bridgehead atoms. The molecule has 0 amide bonds. The number of aryl methyl sites for hydroxylation is 2. The predicted octanol–water partition coefficient (Wildman–Crippen LogP) is 3.04. The fourth-order valence-electron chi connectivity index (χ4n) is 2.13. The first kappa shape index (κ1) is 11.7. The van der Waals surface area contributed by atoms with Crippen LogP contribution in [-0.4, -0.2) is 5.11 Å². The molecule has 0 aliphatic heterocycles. The van der Waals surface area contributed by atoms with Crippen molar-refractivity contribution in [2.75, 3.05) is 5.73 Å². The summed E-state index contributed by atoms with van der Waals surface area (Å²) in [6.45, 7) is 4.14. The number of rotatable bonds is 2. The van der Waals surface area contributed by atoms with Crippen LogP contribution in [0.2, 0.25) is 0 Å². The monoisotopic (exact) mass is 227 g/mol. The molecule has 2 heteroatoms. The first-order valence-electron chi connectivity index (χ1n) is 5.68. The van der Waals surface area contributed by atoms with E-state index >= 15 is 0 Å². The Kier molecular flexibility index (Phi) is 3.16. The van der Waals surface area contributed by atoms with Gasteiger partial charge in [0.2, 0.25) is 0 Å². The normalized spacial score (nSPS) is 10.5. The van der Waals surface area contributed by atoms with E-state index < -0.39 is 0 Å². The summed E-state index contributed by atoms with van der Waals surface area (Å²) in [7, 11) is 0. The van der Waals surface area contributed by atoms with Crippen LogP contribution in [-0.2, 0) is 6.61 Å². The average Bonchev–Trinajstić information content (AvgIpc) is 2.28. The molecule has 2 rings (SSSR count). The van der Waals surface area contributed by atoms with Gasteiger partial charge in [-0.15, -0.1) is 0 Å². The largest absolute Gasteiger partial charge is 0.399 e. The molecule has 0 radical (unpaired) electrons. The Hall–Kier alpha value is -1.80. The Bertz CT molecular complexity index is 523. The molecule has 0 unspecified atom stereocenters. The quantitative estimate of drug-likeness (QED) is 0.774. The van der Waals surface area contributed by atoms with Crippen molar-refractivity contribution in [2.45, 2.75) is 20.5 Å². The fraction of sp³-hybridized carbons (Fsp3) is 0.200. The SMILES string of the molecule is Cc1cc(-c2cccc(N)c2)cc(C)c1CO. The Balaban J connectivity index is 2.54. The molecule has 0 fully saturated rings. The molecule has 0 aromatic heterocycles. The van der Waals surface area contributed by atoms with Gasteiger partial charge in [0, 0.05) is 5.69 Å². The Labute approximate surface area is 102 Å². The van der Waals surface area contributed by atoms with E-state index in [1.807, 2.05) is 38.1 Å². The van der Waals surface area contributed by atoms with Gasteiger partial charge < -0.3 is 10.8 Å². The average molecular weight is 227 g/mol. The van der Waals surface area contributed by atoms with Gasteiger partial charge in [-0.3, -0.25) is 0 Å². The highest BCUT2D eigenvalue weighted by Crippen LogP contribution is 2.26. The lowest BCUT2D eigenvalue weighted by Crippen LogP contribution is -1.94. The van der Waals surface area contributed by atoms with Crippen LogP contribution in [0, 0.1) is 13.8 Å². The second kappa shape index (κ2) is 4.60. The zero-order valence-electron chi connectivity index (χ0n) is 10.2. The van der Waals surface area contributed by atoms with E-state index in [1.165, 1.54) is 0 Å². The van der Waals surface area contributed by atoms with Crippen LogP contribution in [0.3, 0.4) is 0 Å². The highest BCUT2D eigenvalue weighted by Gasteiger charge is 2.05. The minimum Gasteiger partial charge on any atom is -0.399 e. The zero-order valence-corrected chi connectivity index (χ0v) is 10.2. The maximum absolute atomic E-state index is 9.28. The van der Waals surface area contributed by atoms with Crippen LogP contribution in [0.4, 0.5) is 5.69 Å². The summed E-state index contributed by atoms with van der Waals surface area (Å²) in [6, 6.07) is 12.0. The first-order chi connectivity index (χ1) is 8.11. The van der Waals surface area contributed by atoms with E-state index in [0.29, 0.717) is 0 Å². The molecule has 0 saturated carbocycles. The number of aliphatic hydroxyl groups excluding tert-OH is 1. The van der Waals surface area contributed by atoms with Crippen molar-refractivity contribution in [3.63, 3.8) is 0 Å². The van der Waals surface area contributed by atoms with Gasteiger partial charge >= 0.3 is 0 Å². The first-order valence-corrected chi connectivity index (χ1v) is 5.68. The lowest BCUT2D eigenvalue weighted by atomic mass is 9.96. The van der Waals surface area contributed by atoms with E-state index in [2.05, 4.69) is 12.1 Å². The van der Waals surface area contributed by atoms with Crippen molar-refractivity contribution in [2.24, 2.45) is 0 Å². The molecule has 0 heterocycles. The minimum absolute atomic E-state index is 0.0921. The molecule has 17 heavy (non-hydrogen) atoms. The number of anilines is 1. The fourth-order valence-corrected chi connectivity index (χ4v) is 2.13. The van der Waals surface area contributed by atoms with E-state index in [1.54, 1.807) is 0 Å². The van der Waals surface area contributed by atoms with Crippen LogP contribution >= 0.6 is 0 Å². The van der Waals surface area contributed by atoms with Crippen LogP contribution in [0.25, 0.3) is 11.1 Å². The third kappa shape index (κ3) is 2.32. The molecular formula is C15H17NO. The second-order valence-corrected chi connectivity index (χ2v) is 4.37. The summed E-state index contributed by atoms with van der Waals surface area (Å²) >= 11 is 0. The summed E-state index contributed by atoms with van der Waals surface area (Å²) in [5.74, 6) is 0. The van der Waals surface area contributed by atoms with Gasteiger partial charge in [0.05, 0.1) is 6.61 Å². The summed E-state index contributed by atoms with van der Waals surface area (Å²) in [4.78, 5) is 0. The molecule has 0 spiro atoms. The van der Waals surface area contributed by atoms with Gasteiger partial charge in [0.1, 0.15) is 0 Å². The number of hydrogen-bond donors (Lipinski definition) is 2. The third-order valence-corrected chi connectivity index (χ3v) is 3.07. The van der Waals surface area contributed by atoms with Crippen LogP contribution in [0.15, 0.2) is 36.4 Å². The Morgan fingerprint density at radius 3 is 2.18 bits per heavy atom. The summed E-state index contributed by atoms with van der Waals surface area (Å²) < 4.78 is 0.